The van der Waals surface area contributed by atoms with E-state index < -0.39 is 0 Å². The Bertz CT molecular complexity index is 611. The molecule has 0 aromatic carbocycles. The van der Waals surface area contributed by atoms with Crippen molar-refractivity contribution in [3.8, 4) is 0 Å². The van der Waals surface area contributed by atoms with E-state index in [1.807, 2.05) is 11.4 Å². The minimum absolute atomic E-state index is 0.0915. The number of esters is 1. The van der Waals surface area contributed by atoms with Crippen molar-refractivity contribution in [3.05, 3.63) is 44.9 Å². The van der Waals surface area contributed by atoms with Gasteiger partial charge < -0.3 is 9.72 Å². The van der Waals surface area contributed by atoms with Crippen LogP contribution in [0.5, 0.6) is 0 Å². The molecule has 5 heteroatoms. The van der Waals surface area contributed by atoms with Gasteiger partial charge in [0, 0.05) is 5.69 Å². The molecule has 0 unspecified atom stereocenters. The maximum Gasteiger partial charge on any atom is 0.340 e. The van der Waals surface area contributed by atoms with Gasteiger partial charge in [-0.05, 0) is 37.8 Å². The Morgan fingerprint density at radius 3 is 2.68 bits per heavy atom. The number of aromatic amines is 1. The lowest BCUT2D eigenvalue weighted by Crippen LogP contribution is -2.07. The standard InChI is InChI=1S/C14H15NO3S/c1-4-18-14(17)11-8(2)12(15-9(11)3)13(16)10-6-5-7-19-10/h5-7,15H,4H2,1-3H3. The molecule has 2 aromatic heterocycles. The SMILES string of the molecule is CCOC(=O)c1c(C)[nH]c(C(=O)c2cccs2)c1C. The fourth-order valence-corrected chi connectivity index (χ4v) is 2.69. The van der Waals surface area contributed by atoms with Gasteiger partial charge in [0.2, 0.25) is 5.78 Å². The van der Waals surface area contributed by atoms with Crippen LogP contribution in [0, 0.1) is 13.8 Å². The van der Waals surface area contributed by atoms with Gasteiger partial charge in [0.15, 0.2) is 0 Å². The third kappa shape index (κ3) is 2.46. The zero-order chi connectivity index (χ0) is 14.0. The van der Waals surface area contributed by atoms with Crippen molar-refractivity contribution in [3.63, 3.8) is 0 Å². The fraction of sp³-hybridized carbons (Fsp3) is 0.286. The van der Waals surface area contributed by atoms with Gasteiger partial charge in [0.05, 0.1) is 22.7 Å². The summed E-state index contributed by atoms with van der Waals surface area (Å²) in [7, 11) is 0. The minimum atomic E-state index is -0.390. The second-order valence-electron chi connectivity index (χ2n) is 4.15. The van der Waals surface area contributed by atoms with Crippen molar-refractivity contribution >= 4 is 23.1 Å². The van der Waals surface area contributed by atoms with Crippen LogP contribution in [-0.2, 0) is 4.74 Å². The highest BCUT2D eigenvalue weighted by atomic mass is 32.1. The van der Waals surface area contributed by atoms with Crippen LogP contribution in [0.2, 0.25) is 0 Å². The zero-order valence-corrected chi connectivity index (χ0v) is 11.9. The highest BCUT2D eigenvalue weighted by Gasteiger charge is 2.23. The van der Waals surface area contributed by atoms with Crippen molar-refractivity contribution < 1.29 is 14.3 Å². The highest BCUT2D eigenvalue weighted by molar-refractivity contribution is 7.12. The number of aromatic nitrogens is 1. The van der Waals surface area contributed by atoms with Crippen LogP contribution in [-0.4, -0.2) is 23.3 Å². The molecule has 0 fully saturated rings. The molecule has 4 nitrogen and oxygen atoms in total. The van der Waals surface area contributed by atoms with E-state index in [-0.39, 0.29) is 11.8 Å². The molecule has 100 valence electrons. The fourth-order valence-electron chi connectivity index (χ4n) is 2.02. The number of H-pyrrole nitrogens is 1. The number of ketones is 1. The summed E-state index contributed by atoms with van der Waals surface area (Å²) < 4.78 is 5.01. The molecular weight excluding hydrogens is 262 g/mol. The van der Waals surface area contributed by atoms with Gasteiger partial charge in [0.1, 0.15) is 0 Å². The summed E-state index contributed by atoms with van der Waals surface area (Å²) in [5, 5.41) is 1.85. The van der Waals surface area contributed by atoms with E-state index in [1.54, 1.807) is 26.8 Å². The van der Waals surface area contributed by atoms with Gasteiger partial charge in [-0.25, -0.2) is 4.79 Å². The zero-order valence-electron chi connectivity index (χ0n) is 11.1. The van der Waals surface area contributed by atoms with Crippen molar-refractivity contribution in [2.24, 2.45) is 0 Å². The van der Waals surface area contributed by atoms with Gasteiger partial charge in [0.25, 0.3) is 0 Å². The molecule has 0 radical (unpaired) electrons. The number of rotatable bonds is 4. The highest BCUT2D eigenvalue weighted by Crippen LogP contribution is 2.23. The molecule has 0 aliphatic rings. The van der Waals surface area contributed by atoms with Crippen LogP contribution in [0.1, 0.15) is 43.9 Å². The monoisotopic (exact) mass is 277 g/mol. The molecule has 0 atom stereocenters. The largest absolute Gasteiger partial charge is 0.462 e. The summed E-state index contributed by atoms with van der Waals surface area (Å²) in [5.74, 6) is -0.481. The lowest BCUT2D eigenvalue weighted by molar-refractivity contribution is 0.0525. The summed E-state index contributed by atoms with van der Waals surface area (Å²) in [5.41, 5.74) is 2.23. The van der Waals surface area contributed by atoms with E-state index in [2.05, 4.69) is 4.98 Å². The van der Waals surface area contributed by atoms with Crippen molar-refractivity contribution in [2.75, 3.05) is 6.61 Å². The Balaban J connectivity index is 2.42. The van der Waals surface area contributed by atoms with Gasteiger partial charge >= 0.3 is 5.97 Å². The topological polar surface area (TPSA) is 59.2 Å². The Labute approximate surface area is 115 Å². The Morgan fingerprint density at radius 2 is 2.11 bits per heavy atom. The van der Waals surface area contributed by atoms with E-state index >= 15 is 0 Å². The van der Waals surface area contributed by atoms with E-state index in [0.717, 1.165) is 0 Å². The number of hydrogen-bond donors (Lipinski definition) is 1. The first-order valence-corrected chi connectivity index (χ1v) is 6.88. The number of hydrogen-bond acceptors (Lipinski definition) is 4. The first-order chi connectivity index (χ1) is 9.06. The van der Waals surface area contributed by atoms with Crippen molar-refractivity contribution in [1.82, 2.24) is 4.98 Å². The molecule has 2 aromatic rings. The van der Waals surface area contributed by atoms with Gasteiger partial charge in [-0.15, -0.1) is 11.3 Å². The summed E-state index contributed by atoms with van der Waals surface area (Å²) in [6, 6.07) is 3.60. The number of nitrogens with one attached hydrogen (secondary N) is 1. The van der Waals surface area contributed by atoms with E-state index in [4.69, 9.17) is 4.74 Å². The Hall–Kier alpha value is -1.88. The van der Waals surface area contributed by atoms with Gasteiger partial charge in [-0.3, -0.25) is 4.79 Å². The molecule has 2 rings (SSSR count). The summed E-state index contributed by atoms with van der Waals surface area (Å²) in [4.78, 5) is 27.8. The van der Waals surface area contributed by atoms with Crippen LogP contribution in [0.15, 0.2) is 17.5 Å². The van der Waals surface area contributed by atoms with Crippen molar-refractivity contribution in [2.45, 2.75) is 20.8 Å². The Morgan fingerprint density at radius 1 is 1.37 bits per heavy atom. The maximum absolute atomic E-state index is 12.3. The van der Waals surface area contributed by atoms with Crippen LogP contribution in [0.25, 0.3) is 0 Å². The maximum atomic E-state index is 12.3. The molecule has 2 heterocycles. The molecule has 0 bridgehead atoms. The first kappa shape index (κ1) is 13.5. The van der Waals surface area contributed by atoms with Crippen LogP contribution >= 0.6 is 11.3 Å². The summed E-state index contributed by atoms with van der Waals surface area (Å²) in [6.45, 7) is 5.60. The number of thiophene rings is 1. The van der Waals surface area contributed by atoms with Crippen LogP contribution < -0.4 is 0 Å². The third-order valence-electron chi connectivity index (χ3n) is 2.89. The minimum Gasteiger partial charge on any atom is -0.462 e. The molecule has 0 saturated carbocycles. The van der Waals surface area contributed by atoms with E-state index in [1.165, 1.54) is 11.3 Å². The number of carbonyl (C=O) groups is 2. The lowest BCUT2D eigenvalue weighted by atomic mass is 10.1. The molecule has 0 aliphatic carbocycles. The van der Waals surface area contributed by atoms with Crippen molar-refractivity contribution in [1.29, 1.82) is 0 Å². The van der Waals surface area contributed by atoms with E-state index in [0.29, 0.717) is 34.0 Å². The predicted octanol–water partition coefficient (Wildman–Crippen LogP) is 3.10. The molecule has 0 amide bonds. The summed E-state index contributed by atoms with van der Waals surface area (Å²) in [6.07, 6.45) is 0. The van der Waals surface area contributed by atoms with Crippen LogP contribution in [0.4, 0.5) is 0 Å². The quantitative estimate of drug-likeness (QED) is 0.690. The molecule has 19 heavy (non-hydrogen) atoms. The van der Waals surface area contributed by atoms with E-state index in [9.17, 15) is 9.59 Å². The molecular formula is C14H15NO3S. The van der Waals surface area contributed by atoms with Gasteiger partial charge in [-0.2, -0.15) is 0 Å². The lowest BCUT2D eigenvalue weighted by Gasteiger charge is -2.02. The second kappa shape index (κ2) is 5.40. The smallest absolute Gasteiger partial charge is 0.340 e. The number of ether oxygens (including phenoxy) is 1. The Kier molecular flexibility index (Phi) is 3.85. The summed E-state index contributed by atoms with van der Waals surface area (Å²) >= 11 is 1.38. The third-order valence-corrected chi connectivity index (χ3v) is 3.76. The molecule has 0 aliphatic heterocycles. The molecule has 0 saturated heterocycles. The average molecular weight is 277 g/mol. The number of carbonyl (C=O) groups excluding carboxylic acids is 2. The predicted molar refractivity (Wildman–Crippen MR) is 74.0 cm³/mol. The van der Waals surface area contributed by atoms with Crippen LogP contribution in [0.3, 0.4) is 0 Å². The average Bonchev–Trinajstić information content (AvgIpc) is 2.97. The van der Waals surface area contributed by atoms with Gasteiger partial charge in [-0.1, -0.05) is 6.07 Å². The molecule has 1 N–H and O–H groups in total. The first-order valence-electron chi connectivity index (χ1n) is 6.00. The second-order valence-corrected chi connectivity index (χ2v) is 5.10. The normalized spacial score (nSPS) is 10.5. The molecule has 0 spiro atoms. The number of aryl methyl sites for hydroxylation is 1.